The van der Waals surface area contributed by atoms with Crippen LogP contribution in [0.25, 0.3) is 0 Å². The molecule has 0 aromatic heterocycles. The number of amides is 3. The van der Waals surface area contributed by atoms with E-state index >= 15 is 0 Å². The molecule has 4 fully saturated rings. The number of alkyl carbamates (subject to hydrolysis) is 1. The number of hydrogen-bond donors (Lipinski definition) is 1. The van der Waals surface area contributed by atoms with Gasteiger partial charge in [-0.25, -0.2) is 9.18 Å². The maximum absolute atomic E-state index is 14.4. The highest BCUT2D eigenvalue weighted by molar-refractivity contribution is 5.89. The molecular weight excluding hydrogens is 477 g/mol. The van der Waals surface area contributed by atoms with Crippen molar-refractivity contribution < 1.29 is 23.5 Å². The third-order valence-corrected chi connectivity index (χ3v) is 8.00. The van der Waals surface area contributed by atoms with E-state index in [4.69, 9.17) is 4.74 Å². The first-order valence-electron chi connectivity index (χ1n) is 13.0. The van der Waals surface area contributed by atoms with Gasteiger partial charge in [0.25, 0.3) is 0 Å². The van der Waals surface area contributed by atoms with Gasteiger partial charge in [0.05, 0.1) is 18.2 Å². The number of ether oxygens (including phenoxy) is 1. The average Bonchev–Trinajstić information content (AvgIpc) is 3.15. The number of fused-ring (bicyclic) bond motifs is 3. The van der Waals surface area contributed by atoms with Crippen molar-refractivity contribution in [1.82, 2.24) is 20.0 Å². The first-order chi connectivity index (χ1) is 17.5. The maximum atomic E-state index is 14.4. The van der Waals surface area contributed by atoms with E-state index in [0.29, 0.717) is 30.9 Å². The molecule has 0 spiro atoms. The molecule has 1 aromatic carbocycles. The predicted molar refractivity (Wildman–Crippen MR) is 131 cm³/mol. The fourth-order valence-electron chi connectivity index (χ4n) is 6.30. The number of piperidine rings is 1. The molecule has 3 aliphatic heterocycles. The number of halogens is 1. The van der Waals surface area contributed by atoms with Gasteiger partial charge in [0, 0.05) is 30.7 Å². The van der Waals surface area contributed by atoms with Gasteiger partial charge in [0.15, 0.2) is 0 Å². The van der Waals surface area contributed by atoms with E-state index in [1.807, 2.05) is 11.8 Å². The van der Waals surface area contributed by atoms with Gasteiger partial charge < -0.3 is 19.9 Å². The van der Waals surface area contributed by atoms with Crippen LogP contribution in [0, 0.1) is 23.1 Å². The smallest absolute Gasteiger partial charge is 0.408 e. The standard InChI is InChI=1S/C27H34FN5O4/c1-15(19-7-5-6-8-20(19)28)32-18-11-23(25(32)35)31(13-18)14-21(30-26(36)37-27(2,3)4)24(34)33-17(12-29)9-16-10-22(16)33/h5-8,15-18,21-23H,9-11,13-14H2,1-4H3,(H,30,36)/t15?,16-,17?,18?,21?,22+,23?/m1/s1. The zero-order chi connectivity index (χ0) is 26.6. The van der Waals surface area contributed by atoms with E-state index in [9.17, 15) is 24.0 Å². The molecule has 1 N–H and O–H groups in total. The molecule has 5 unspecified atom stereocenters. The molecule has 1 aromatic rings. The third-order valence-electron chi connectivity index (χ3n) is 8.00. The predicted octanol–water partition coefficient (Wildman–Crippen LogP) is 2.58. The van der Waals surface area contributed by atoms with Crippen molar-refractivity contribution in [3.8, 4) is 6.07 Å². The molecule has 1 saturated carbocycles. The number of benzene rings is 1. The molecular formula is C27H34FN5O4. The van der Waals surface area contributed by atoms with Gasteiger partial charge in [-0.3, -0.25) is 14.5 Å². The van der Waals surface area contributed by atoms with Gasteiger partial charge in [-0.1, -0.05) is 18.2 Å². The second kappa shape index (κ2) is 9.28. The summed E-state index contributed by atoms with van der Waals surface area (Å²) in [7, 11) is 0. The number of piperazine rings is 1. The average molecular weight is 512 g/mol. The molecule has 7 atom stereocenters. The number of carbonyl (C=O) groups is 3. The number of rotatable bonds is 6. The van der Waals surface area contributed by atoms with Crippen LogP contribution in [0.15, 0.2) is 24.3 Å². The third kappa shape index (κ3) is 4.77. The van der Waals surface area contributed by atoms with Gasteiger partial charge in [-0.05, 0) is 58.9 Å². The van der Waals surface area contributed by atoms with E-state index in [1.54, 1.807) is 48.8 Å². The molecule has 3 heterocycles. The number of hydrogen-bond acceptors (Lipinski definition) is 6. The van der Waals surface area contributed by atoms with Crippen LogP contribution >= 0.6 is 0 Å². The Morgan fingerprint density at radius 3 is 2.62 bits per heavy atom. The van der Waals surface area contributed by atoms with Crippen molar-refractivity contribution in [2.45, 2.75) is 88.8 Å². The highest BCUT2D eigenvalue weighted by atomic mass is 19.1. The van der Waals surface area contributed by atoms with Crippen LogP contribution in [0.3, 0.4) is 0 Å². The Morgan fingerprint density at radius 1 is 1.24 bits per heavy atom. The van der Waals surface area contributed by atoms with Gasteiger partial charge in [0.1, 0.15) is 23.5 Å². The second-order valence-corrected chi connectivity index (χ2v) is 11.7. The fourth-order valence-corrected chi connectivity index (χ4v) is 6.30. The summed E-state index contributed by atoms with van der Waals surface area (Å²) in [5.74, 6) is -0.415. The highest BCUT2D eigenvalue weighted by Crippen LogP contribution is 2.48. The summed E-state index contributed by atoms with van der Waals surface area (Å²) in [5.41, 5.74) is -0.265. The Labute approximate surface area is 216 Å². The highest BCUT2D eigenvalue weighted by Gasteiger charge is 2.56. The van der Waals surface area contributed by atoms with Crippen LogP contribution in [-0.4, -0.2) is 81.5 Å². The largest absolute Gasteiger partial charge is 0.444 e. The SMILES string of the molecule is CC(c1ccccc1F)N1C(=O)C2CC1CN2CC(NC(=O)OC(C)(C)C)C(=O)N1C(C#N)C[C@@H]2C[C@@H]21. The Balaban J connectivity index is 1.32. The fraction of sp³-hybridized carbons (Fsp3) is 0.630. The minimum absolute atomic E-state index is 0.0360. The number of nitriles is 1. The summed E-state index contributed by atoms with van der Waals surface area (Å²) >= 11 is 0. The minimum Gasteiger partial charge on any atom is -0.444 e. The molecule has 37 heavy (non-hydrogen) atoms. The van der Waals surface area contributed by atoms with Crippen LogP contribution in [-0.2, 0) is 14.3 Å². The number of nitrogens with zero attached hydrogens (tertiary/aromatic N) is 4. The molecule has 198 valence electrons. The number of likely N-dealkylation sites (tertiary alicyclic amines) is 3. The maximum Gasteiger partial charge on any atom is 0.408 e. The van der Waals surface area contributed by atoms with Gasteiger partial charge >= 0.3 is 6.09 Å². The summed E-state index contributed by atoms with van der Waals surface area (Å²) < 4.78 is 19.8. The summed E-state index contributed by atoms with van der Waals surface area (Å²) in [6, 6.07) is 6.31. The first kappa shape index (κ1) is 25.5. The zero-order valence-corrected chi connectivity index (χ0v) is 21.7. The summed E-state index contributed by atoms with van der Waals surface area (Å²) in [6.07, 6.45) is 1.40. The first-order valence-corrected chi connectivity index (χ1v) is 13.0. The monoisotopic (exact) mass is 511 g/mol. The van der Waals surface area contributed by atoms with Crippen LogP contribution in [0.1, 0.15) is 58.6 Å². The Kier molecular flexibility index (Phi) is 6.39. The topological polar surface area (TPSA) is 106 Å². The van der Waals surface area contributed by atoms with E-state index in [0.717, 1.165) is 6.42 Å². The van der Waals surface area contributed by atoms with Crippen molar-refractivity contribution in [3.05, 3.63) is 35.6 Å². The van der Waals surface area contributed by atoms with Crippen molar-refractivity contribution in [2.24, 2.45) is 5.92 Å². The lowest BCUT2D eigenvalue weighted by Crippen LogP contribution is -2.59. The molecule has 5 rings (SSSR count). The van der Waals surface area contributed by atoms with Crippen molar-refractivity contribution in [3.63, 3.8) is 0 Å². The van der Waals surface area contributed by atoms with Crippen LogP contribution < -0.4 is 5.32 Å². The van der Waals surface area contributed by atoms with Gasteiger partial charge in [-0.2, -0.15) is 5.26 Å². The molecule has 1 aliphatic carbocycles. The summed E-state index contributed by atoms with van der Waals surface area (Å²) in [6.45, 7) is 7.72. The minimum atomic E-state index is -0.949. The molecule has 9 nitrogen and oxygen atoms in total. The van der Waals surface area contributed by atoms with Crippen molar-refractivity contribution in [2.75, 3.05) is 13.1 Å². The number of nitrogens with one attached hydrogen (secondary N) is 1. The second-order valence-electron chi connectivity index (χ2n) is 11.7. The van der Waals surface area contributed by atoms with E-state index in [1.165, 1.54) is 6.07 Å². The summed E-state index contributed by atoms with van der Waals surface area (Å²) in [4.78, 5) is 45.0. The normalized spacial score (nSPS) is 30.1. The van der Waals surface area contributed by atoms with Gasteiger partial charge in [-0.15, -0.1) is 0 Å². The Bertz CT molecular complexity index is 1150. The van der Waals surface area contributed by atoms with Crippen molar-refractivity contribution in [1.29, 1.82) is 5.26 Å². The van der Waals surface area contributed by atoms with Crippen molar-refractivity contribution >= 4 is 17.9 Å². The zero-order valence-electron chi connectivity index (χ0n) is 21.7. The van der Waals surface area contributed by atoms with E-state index in [2.05, 4.69) is 11.4 Å². The Hall–Kier alpha value is -3.19. The van der Waals surface area contributed by atoms with Crippen LogP contribution in [0.4, 0.5) is 9.18 Å². The van der Waals surface area contributed by atoms with E-state index in [-0.39, 0.29) is 36.3 Å². The molecule has 4 aliphatic rings. The molecule has 3 saturated heterocycles. The molecule has 10 heteroatoms. The Morgan fingerprint density at radius 2 is 1.97 bits per heavy atom. The quantitative estimate of drug-likeness (QED) is 0.629. The van der Waals surface area contributed by atoms with Gasteiger partial charge in [0.2, 0.25) is 11.8 Å². The van der Waals surface area contributed by atoms with Crippen LogP contribution in [0.2, 0.25) is 0 Å². The molecule has 0 radical (unpaired) electrons. The van der Waals surface area contributed by atoms with Crippen LogP contribution in [0.5, 0.6) is 0 Å². The van der Waals surface area contributed by atoms with E-state index < -0.39 is 35.9 Å². The lowest BCUT2D eigenvalue weighted by Gasteiger charge is -2.39. The summed E-state index contributed by atoms with van der Waals surface area (Å²) in [5, 5.41) is 12.3. The number of carbonyl (C=O) groups excluding carboxylic acids is 3. The molecule has 2 bridgehead atoms. The molecule has 3 amide bonds. The lowest BCUT2D eigenvalue weighted by molar-refractivity contribution is -0.141. The lowest BCUT2D eigenvalue weighted by atomic mass is 10.0.